The molecule has 1 aromatic heterocycles. The lowest BCUT2D eigenvalue weighted by molar-refractivity contribution is -0.116. The Hall–Kier alpha value is -2.03. The van der Waals surface area contributed by atoms with Crippen LogP contribution in [0.3, 0.4) is 0 Å². The van der Waals surface area contributed by atoms with Crippen molar-refractivity contribution in [2.24, 2.45) is 4.99 Å². The molecule has 7 nitrogen and oxygen atoms in total. The standard InChI is InChI=1S/C20H24ClN3O4S/c1-4-11-8-14(23-17(11)21)18(25)24-13-7-6-12(9-15(13)28-5-2)19-22-10(3)16(29-19)20(26)27/h9,13,15H,4-8H2,1-3H3,(H,24,25)(H,26,27)/t13-,15+/m1/s1. The number of carbonyl (C=O) groups excluding carboxylic acids is 1. The number of hydrogen-bond donors (Lipinski definition) is 2. The molecule has 156 valence electrons. The van der Waals surface area contributed by atoms with Crippen molar-refractivity contribution in [2.45, 2.75) is 58.6 Å². The Morgan fingerprint density at radius 2 is 2.17 bits per heavy atom. The third-order valence-corrected chi connectivity index (χ3v) is 6.60. The van der Waals surface area contributed by atoms with Gasteiger partial charge in [-0.1, -0.05) is 18.5 Å². The summed E-state index contributed by atoms with van der Waals surface area (Å²) in [6.07, 6.45) is 4.21. The highest BCUT2D eigenvalue weighted by molar-refractivity contribution is 7.14. The molecule has 2 atom stereocenters. The molecule has 0 fully saturated rings. The number of nitrogens with zero attached hydrogens (tertiary/aromatic N) is 2. The Balaban J connectivity index is 1.74. The number of nitrogens with one attached hydrogen (secondary N) is 1. The Kier molecular flexibility index (Phi) is 6.87. The maximum atomic E-state index is 12.7. The van der Waals surface area contributed by atoms with Crippen LogP contribution in [0.4, 0.5) is 0 Å². The lowest BCUT2D eigenvalue weighted by Crippen LogP contribution is -2.47. The number of carboxylic acids is 1. The first kappa shape index (κ1) is 21.7. The minimum absolute atomic E-state index is 0.196. The summed E-state index contributed by atoms with van der Waals surface area (Å²) >= 11 is 7.26. The fraction of sp³-hybridized carbons (Fsp3) is 0.500. The van der Waals surface area contributed by atoms with Gasteiger partial charge in [-0.15, -0.1) is 11.3 Å². The van der Waals surface area contributed by atoms with Gasteiger partial charge in [-0.3, -0.25) is 4.79 Å². The summed E-state index contributed by atoms with van der Waals surface area (Å²) in [6, 6.07) is -0.196. The van der Waals surface area contributed by atoms with Crippen LogP contribution < -0.4 is 5.32 Å². The van der Waals surface area contributed by atoms with Crippen molar-refractivity contribution in [2.75, 3.05) is 6.61 Å². The van der Waals surface area contributed by atoms with Crippen LogP contribution in [-0.2, 0) is 9.53 Å². The van der Waals surface area contributed by atoms with E-state index in [9.17, 15) is 14.7 Å². The van der Waals surface area contributed by atoms with Gasteiger partial charge in [-0.05, 0) is 50.3 Å². The average molecular weight is 438 g/mol. The quantitative estimate of drug-likeness (QED) is 0.629. The molecule has 2 N–H and O–H groups in total. The highest BCUT2D eigenvalue weighted by atomic mass is 35.5. The smallest absolute Gasteiger partial charge is 0.347 e. The summed E-state index contributed by atoms with van der Waals surface area (Å²) in [7, 11) is 0. The third-order valence-electron chi connectivity index (χ3n) is 5.02. The van der Waals surface area contributed by atoms with E-state index in [-0.39, 0.29) is 22.9 Å². The van der Waals surface area contributed by atoms with Crippen molar-refractivity contribution in [1.29, 1.82) is 0 Å². The molecular formula is C20H24ClN3O4S. The first-order valence-corrected chi connectivity index (χ1v) is 10.8. The molecule has 0 saturated heterocycles. The zero-order valence-electron chi connectivity index (χ0n) is 16.6. The highest BCUT2D eigenvalue weighted by Crippen LogP contribution is 2.33. The van der Waals surface area contributed by atoms with E-state index in [4.69, 9.17) is 16.3 Å². The summed E-state index contributed by atoms with van der Waals surface area (Å²) in [5.74, 6) is -1.19. The van der Waals surface area contributed by atoms with Gasteiger partial charge in [0.05, 0.1) is 17.8 Å². The van der Waals surface area contributed by atoms with Gasteiger partial charge in [-0.2, -0.15) is 0 Å². The van der Waals surface area contributed by atoms with Crippen molar-refractivity contribution in [3.63, 3.8) is 0 Å². The van der Waals surface area contributed by atoms with Gasteiger partial charge >= 0.3 is 5.97 Å². The van der Waals surface area contributed by atoms with Gasteiger partial charge in [0.15, 0.2) is 0 Å². The lowest BCUT2D eigenvalue weighted by atomic mass is 9.92. The molecule has 2 aliphatic rings. The number of amides is 1. The fourth-order valence-corrected chi connectivity index (χ4v) is 4.72. The van der Waals surface area contributed by atoms with Crippen LogP contribution in [0.2, 0.25) is 0 Å². The third kappa shape index (κ3) is 4.76. The topological polar surface area (TPSA) is 101 Å². The van der Waals surface area contributed by atoms with Crippen LogP contribution in [0.5, 0.6) is 0 Å². The van der Waals surface area contributed by atoms with E-state index in [1.54, 1.807) is 6.92 Å². The molecule has 29 heavy (non-hydrogen) atoms. The Labute approximate surface area is 178 Å². The molecule has 9 heteroatoms. The number of rotatable bonds is 7. The number of aromatic nitrogens is 1. The van der Waals surface area contributed by atoms with Crippen LogP contribution in [0.25, 0.3) is 5.57 Å². The van der Waals surface area contributed by atoms with E-state index >= 15 is 0 Å². The van der Waals surface area contributed by atoms with Crippen molar-refractivity contribution >= 4 is 46.1 Å². The Morgan fingerprint density at radius 3 is 2.76 bits per heavy atom. The van der Waals surface area contributed by atoms with Crippen LogP contribution in [0.15, 0.2) is 21.8 Å². The van der Waals surface area contributed by atoms with Crippen molar-refractivity contribution in [1.82, 2.24) is 10.3 Å². The number of aromatic carboxylic acids is 1. The first-order chi connectivity index (χ1) is 13.8. The molecule has 0 unspecified atom stereocenters. The zero-order valence-corrected chi connectivity index (χ0v) is 18.2. The molecule has 0 saturated carbocycles. The number of thiazole rings is 1. The van der Waals surface area contributed by atoms with Gasteiger partial charge in [0, 0.05) is 13.0 Å². The minimum Gasteiger partial charge on any atom is -0.477 e. The molecule has 2 heterocycles. The summed E-state index contributed by atoms with van der Waals surface area (Å²) in [5.41, 5.74) is 2.86. The van der Waals surface area contributed by atoms with E-state index in [0.29, 0.717) is 47.4 Å². The predicted molar refractivity (Wildman–Crippen MR) is 114 cm³/mol. The lowest BCUT2D eigenvalue weighted by Gasteiger charge is -2.30. The van der Waals surface area contributed by atoms with Crippen LogP contribution in [-0.4, -0.2) is 46.4 Å². The summed E-state index contributed by atoms with van der Waals surface area (Å²) in [5, 5.41) is 13.4. The number of aryl methyl sites for hydroxylation is 1. The fourth-order valence-electron chi connectivity index (χ4n) is 3.46. The number of carbonyl (C=O) groups is 2. The Morgan fingerprint density at radius 1 is 1.41 bits per heavy atom. The van der Waals surface area contributed by atoms with Crippen LogP contribution in [0.1, 0.15) is 59.9 Å². The van der Waals surface area contributed by atoms with Crippen molar-refractivity contribution < 1.29 is 19.4 Å². The summed E-state index contributed by atoms with van der Waals surface area (Å²) in [6.45, 7) is 6.08. The van der Waals surface area contributed by atoms with Gasteiger partial charge in [0.2, 0.25) is 0 Å². The molecule has 1 aromatic rings. The monoisotopic (exact) mass is 437 g/mol. The number of allylic oxidation sites excluding steroid dienone is 2. The second-order valence-electron chi connectivity index (χ2n) is 6.95. The minimum atomic E-state index is -0.967. The van der Waals surface area contributed by atoms with Gasteiger partial charge in [-0.25, -0.2) is 14.8 Å². The number of hydrogen-bond acceptors (Lipinski definition) is 6. The average Bonchev–Trinajstić information content (AvgIpc) is 3.26. The molecule has 1 aliphatic heterocycles. The first-order valence-electron chi connectivity index (χ1n) is 9.63. The van der Waals surface area contributed by atoms with E-state index in [2.05, 4.69) is 15.3 Å². The number of carboxylic acid groups (broad SMARTS) is 1. The van der Waals surface area contributed by atoms with E-state index in [1.165, 1.54) is 11.3 Å². The van der Waals surface area contributed by atoms with E-state index < -0.39 is 5.97 Å². The molecule has 0 aromatic carbocycles. The van der Waals surface area contributed by atoms with Crippen molar-refractivity contribution in [3.8, 4) is 0 Å². The maximum absolute atomic E-state index is 12.7. The molecule has 0 radical (unpaired) electrons. The van der Waals surface area contributed by atoms with Gasteiger partial charge in [0.1, 0.15) is 20.8 Å². The van der Waals surface area contributed by atoms with Gasteiger partial charge < -0.3 is 15.2 Å². The maximum Gasteiger partial charge on any atom is 0.347 e. The molecule has 1 amide bonds. The Bertz CT molecular complexity index is 919. The number of aliphatic imine (C=N–C) groups is 1. The van der Waals surface area contributed by atoms with E-state index in [0.717, 1.165) is 17.6 Å². The SMILES string of the molecule is CCO[C@H]1C=C(c2nc(C)c(C(=O)O)s2)CC[C@H]1NC(=O)C1=NC(Cl)=C(CC)C1. The number of ether oxygens (including phenoxy) is 1. The number of halogens is 1. The summed E-state index contributed by atoms with van der Waals surface area (Å²) < 4.78 is 5.85. The highest BCUT2D eigenvalue weighted by Gasteiger charge is 2.31. The second kappa shape index (κ2) is 9.19. The molecule has 0 bridgehead atoms. The normalized spacial score (nSPS) is 21.8. The van der Waals surface area contributed by atoms with Gasteiger partial charge in [0.25, 0.3) is 5.91 Å². The predicted octanol–water partition coefficient (Wildman–Crippen LogP) is 3.92. The molecular weight excluding hydrogens is 414 g/mol. The molecule has 0 spiro atoms. The molecule has 1 aliphatic carbocycles. The van der Waals surface area contributed by atoms with Crippen LogP contribution in [0, 0.1) is 6.92 Å². The van der Waals surface area contributed by atoms with E-state index in [1.807, 2.05) is 19.9 Å². The van der Waals surface area contributed by atoms with Crippen LogP contribution >= 0.6 is 22.9 Å². The summed E-state index contributed by atoms with van der Waals surface area (Å²) in [4.78, 5) is 32.8. The van der Waals surface area contributed by atoms with Crippen molar-refractivity contribution in [3.05, 3.63) is 32.4 Å². The molecule has 3 rings (SSSR count). The zero-order chi connectivity index (χ0) is 21.1. The second-order valence-corrected chi connectivity index (χ2v) is 8.31. The largest absolute Gasteiger partial charge is 0.477 e.